The van der Waals surface area contributed by atoms with E-state index in [2.05, 4.69) is 15.7 Å². The third-order valence-electron chi connectivity index (χ3n) is 4.62. The van der Waals surface area contributed by atoms with Gasteiger partial charge in [-0.25, -0.2) is 4.68 Å². The van der Waals surface area contributed by atoms with E-state index < -0.39 is 24.2 Å². The van der Waals surface area contributed by atoms with Gasteiger partial charge in [-0.15, -0.1) is 0 Å². The van der Waals surface area contributed by atoms with Gasteiger partial charge in [0.15, 0.2) is 11.7 Å². The average molecular weight is 390 g/mol. The number of aryl methyl sites for hydroxylation is 1. The van der Waals surface area contributed by atoms with Crippen molar-refractivity contribution >= 4 is 17.4 Å². The number of nitrogens with zero attached hydrogens (tertiary/aromatic N) is 2. The normalized spacial score (nSPS) is 19.0. The van der Waals surface area contributed by atoms with Crippen LogP contribution in [0.15, 0.2) is 53.1 Å². The van der Waals surface area contributed by atoms with E-state index in [4.69, 9.17) is 4.42 Å². The molecule has 1 aliphatic heterocycles. The van der Waals surface area contributed by atoms with Gasteiger partial charge in [0, 0.05) is 18.2 Å². The molecule has 28 heavy (non-hydrogen) atoms. The van der Waals surface area contributed by atoms with Crippen molar-refractivity contribution in [2.24, 2.45) is 0 Å². The summed E-state index contributed by atoms with van der Waals surface area (Å²) in [5.74, 6) is -0.0700. The van der Waals surface area contributed by atoms with Gasteiger partial charge in [0.05, 0.1) is 12.3 Å². The Bertz CT molecular complexity index is 978. The van der Waals surface area contributed by atoms with Gasteiger partial charge in [-0.3, -0.25) is 4.79 Å². The van der Waals surface area contributed by atoms with Crippen LogP contribution in [0.1, 0.15) is 40.3 Å². The molecule has 2 aromatic heterocycles. The maximum absolute atomic E-state index is 13.6. The first-order valence-electron chi connectivity index (χ1n) is 8.65. The molecule has 1 amide bonds. The molecule has 0 radical (unpaired) electrons. The maximum atomic E-state index is 13.6. The van der Waals surface area contributed by atoms with E-state index in [9.17, 15) is 18.0 Å². The third kappa shape index (κ3) is 3.47. The summed E-state index contributed by atoms with van der Waals surface area (Å²) in [6, 6.07) is 9.09. The number of aromatic nitrogens is 2. The molecule has 4 rings (SSSR count). The van der Waals surface area contributed by atoms with Gasteiger partial charge in [-0.2, -0.15) is 18.3 Å². The van der Waals surface area contributed by atoms with Crippen LogP contribution in [-0.4, -0.2) is 21.9 Å². The van der Waals surface area contributed by atoms with Crippen molar-refractivity contribution in [3.63, 3.8) is 0 Å². The van der Waals surface area contributed by atoms with E-state index in [-0.39, 0.29) is 17.9 Å². The highest BCUT2D eigenvalue weighted by Gasteiger charge is 2.47. The molecule has 1 aromatic carbocycles. The summed E-state index contributed by atoms with van der Waals surface area (Å²) in [7, 11) is 0. The number of anilines is 2. The van der Waals surface area contributed by atoms with Crippen molar-refractivity contribution in [3.05, 3.63) is 65.7 Å². The molecule has 1 aliphatic rings. The number of rotatable bonds is 3. The maximum Gasteiger partial charge on any atom is 0.410 e. The van der Waals surface area contributed by atoms with E-state index in [1.165, 1.54) is 12.3 Å². The largest absolute Gasteiger partial charge is 0.467 e. The van der Waals surface area contributed by atoms with Crippen molar-refractivity contribution in [1.29, 1.82) is 0 Å². The van der Waals surface area contributed by atoms with Crippen molar-refractivity contribution in [3.8, 4) is 0 Å². The molecule has 0 saturated carbocycles. The van der Waals surface area contributed by atoms with Gasteiger partial charge in [0.25, 0.3) is 5.91 Å². The Kier molecular flexibility index (Phi) is 4.37. The number of benzene rings is 1. The van der Waals surface area contributed by atoms with Crippen LogP contribution in [-0.2, 0) is 0 Å². The second-order valence-electron chi connectivity index (χ2n) is 6.68. The van der Waals surface area contributed by atoms with E-state index in [1.807, 2.05) is 19.1 Å². The Morgan fingerprint density at radius 2 is 2.04 bits per heavy atom. The summed E-state index contributed by atoms with van der Waals surface area (Å²) >= 11 is 0. The number of alkyl halides is 3. The summed E-state index contributed by atoms with van der Waals surface area (Å²) in [5, 5.41) is 9.54. The predicted molar refractivity (Wildman–Crippen MR) is 96.1 cm³/mol. The lowest BCUT2D eigenvalue weighted by atomic mass is 10.0. The Balaban J connectivity index is 1.63. The molecule has 6 nitrogen and oxygen atoms in total. The Hall–Kier alpha value is -3.23. The van der Waals surface area contributed by atoms with Gasteiger partial charge in [-0.1, -0.05) is 17.7 Å². The fourth-order valence-corrected chi connectivity index (χ4v) is 3.19. The first-order valence-corrected chi connectivity index (χ1v) is 8.65. The first-order chi connectivity index (χ1) is 13.3. The van der Waals surface area contributed by atoms with Crippen LogP contribution in [0.5, 0.6) is 0 Å². The number of fused-ring (bicyclic) bond motifs is 1. The average Bonchev–Trinajstić information content (AvgIpc) is 3.31. The molecule has 2 atom stereocenters. The van der Waals surface area contributed by atoms with Crippen molar-refractivity contribution in [2.45, 2.75) is 31.6 Å². The minimum Gasteiger partial charge on any atom is -0.467 e. The standard InChI is InChI=1S/C19H17F3N4O2/c1-11-4-6-12(7-5-11)23-18(27)14-10-17-24-13(15-3-2-8-28-15)9-16(19(20,21)22)26(17)25-14/h2-8,10,13,16,24H,9H2,1H3,(H,23,27)/t13-,16+/m1/s1. The lowest BCUT2D eigenvalue weighted by molar-refractivity contribution is -0.174. The number of furan rings is 1. The second-order valence-corrected chi connectivity index (χ2v) is 6.68. The molecular formula is C19H17F3N4O2. The lowest BCUT2D eigenvalue weighted by Gasteiger charge is -2.32. The minimum absolute atomic E-state index is 0.0996. The molecule has 0 saturated heterocycles. The predicted octanol–water partition coefficient (Wildman–Crippen LogP) is 4.70. The molecule has 2 N–H and O–H groups in total. The van der Waals surface area contributed by atoms with Crippen LogP contribution >= 0.6 is 0 Å². The summed E-state index contributed by atoms with van der Waals surface area (Å²) < 4.78 is 46.9. The molecule has 9 heteroatoms. The monoisotopic (exact) mass is 390 g/mol. The number of hydrogen-bond acceptors (Lipinski definition) is 4. The van der Waals surface area contributed by atoms with Crippen LogP contribution in [0.3, 0.4) is 0 Å². The zero-order valence-electron chi connectivity index (χ0n) is 14.8. The highest BCUT2D eigenvalue weighted by molar-refractivity contribution is 6.03. The molecule has 0 spiro atoms. The molecular weight excluding hydrogens is 373 g/mol. The number of carbonyl (C=O) groups excluding carboxylic acids is 1. The molecule has 0 aliphatic carbocycles. The lowest BCUT2D eigenvalue weighted by Crippen LogP contribution is -2.35. The highest BCUT2D eigenvalue weighted by atomic mass is 19.4. The number of halogens is 3. The Morgan fingerprint density at radius 3 is 2.68 bits per heavy atom. The molecule has 146 valence electrons. The van der Waals surface area contributed by atoms with Gasteiger partial charge in [-0.05, 0) is 31.2 Å². The van der Waals surface area contributed by atoms with Crippen LogP contribution in [0, 0.1) is 6.92 Å². The number of amides is 1. The first kappa shape index (κ1) is 18.1. The van der Waals surface area contributed by atoms with E-state index in [0.717, 1.165) is 10.2 Å². The zero-order valence-corrected chi connectivity index (χ0v) is 14.8. The van der Waals surface area contributed by atoms with Crippen molar-refractivity contribution in [2.75, 3.05) is 10.6 Å². The molecule has 0 unspecified atom stereocenters. The fraction of sp³-hybridized carbons (Fsp3) is 0.263. The fourth-order valence-electron chi connectivity index (χ4n) is 3.19. The molecule has 3 heterocycles. The SMILES string of the molecule is Cc1ccc(NC(=O)c2cc3n(n2)[C@H](C(F)(F)F)C[C@H](c2ccco2)N3)cc1. The summed E-state index contributed by atoms with van der Waals surface area (Å²) in [4.78, 5) is 12.5. The van der Waals surface area contributed by atoms with Gasteiger partial charge >= 0.3 is 6.18 Å². The number of nitrogens with one attached hydrogen (secondary N) is 2. The summed E-state index contributed by atoms with van der Waals surface area (Å²) in [6.07, 6.45) is -3.39. The number of hydrogen-bond donors (Lipinski definition) is 2. The highest BCUT2D eigenvalue weighted by Crippen LogP contribution is 2.43. The molecule has 0 fully saturated rings. The summed E-state index contributed by atoms with van der Waals surface area (Å²) in [5.41, 5.74) is 1.46. The number of carbonyl (C=O) groups is 1. The van der Waals surface area contributed by atoms with Gasteiger partial charge < -0.3 is 15.1 Å². The minimum atomic E-state index is -4.52. The Labute approximate surface area is 158 Å². The topological polar surface area (TPSA) is 72.1 Å². The van der Waals surface area contributed by atoms with E-state index in [1.54, 1.807) is 24.3 Å². The Morgan fingerprint density at radius 1 is 1.29 bits per heavy atom. The van der Waals surface area contributed by atoms with Crippen LogP contribution < -0.4 is 10.6 Å². The quantitative estimate of drug-likeness (QED) is 0.680. The third-order valence-corrected chi connectivity index (χ3v) is 4.62. The van der Waals surface area contributed by atoms with Crippen LogP contribution in [0.25, 0.3) is 0 Å². The van der Waals surface area contributed by atoms with Gasteiger partial charge in [0.2, 0.25) is 0 Å². The van der Waals surface area contributed by atoms with Gasteiger partial charge in [0.1, 0.15) is 11.6 Å². The van der Waals surface area contributed by atoms with Crippen molar-refractivity contribution < 1.29 is 22.4 Å². The smallest absolute Gasteiger partial charge is 0.410 e. The molecule has 3 aromatic rings. The summed E-state index contributed by atoms with van der Waals surface area (Å²) in [6.45, 7) is 1.91. The van der Waals surface area contributed by atoms with E-state index >= 15 is 0 Å². The molecule has 0 bridgehead atoms. The zero-order chi connectivity index (χ0) is 19.9. The van der Waals surface area contributed by atoms with E-state index in [0.29, 0.717) is 11.4 Å². The second kappa shape index (κ2) is 6.74. The van der Waals surface area contributed by atoms with Crippen LogP contribution in [0.4, 0.5) is 24.7 Å². The van der Waals surface area contributed by atoms with Crippen molar-refractivity contribution in [1.82, 2.24) is 9.78 Å². The van der Waals surface area contributed by atoms with Crippen LogP contribution in [0.2, 0.25) is 0 Å².